The van der Waals surface area contributed by atoms with Gasteiger partial charge in [0.05, 0.1) is 5.69 Å². The van der Waals surface area contributed by atoms with E-state index in [2.05, 4.69) is 34.0 Å². The van der Waals surface area contributed by atoms with Crippen LogP contribution in [0.25, 0.3) is 0 Å². The lowest BCUT2D eigenvalue weighted by atomic mass is 10.3. The van der Waals surface area contributed by atoms with E-state index in [1.807, 2.05) is 6.92 Å². The lowest BCUT2D eigenvalue weighted by Crippen LogP contribution is -2.30. The molecule has 0 fully saturated rings. The highest BCUT2D eigenvalue weighted by molar-refractivity contribution is 5.37. The fourth-order valence-electron chi connectivity index (χ4n) is 1.85. The van der Waals surface area contributed by atoms with Crippen LogP contribution in [0.4, 0.5) is 10.2 Å². The number of aryl methyl sites for hydroxylation is 1. The molecule has 1 heterocycles. The quantitative estimate of drug-likeness (QED) is 0.773. The Hall–Kier alpha value is -1.23. The minimum absolute atomic E-state index is 0.314. The highest BCUT2D eigenvalue weighted by Gasteiger charge is 2.09. The van der Waals surface area contributed by atoms with Crippen molar-refractivity contribution in [1.82, 2.24) is 14.9 Å². The number of nitrogens with zero attached hydrogens (tertiary/aromatic N) is 3. The number of likely N-dealkylation sites (N-methyl/N-ethyl adjacent to an activating group) is 1. The third kappa shape index (κ3) is 4.22. The second-order valence-electron chi connectivity index (χ2n) is 4.20. The Morgan fingerprint density at radius 3 is 2.61 bits per heavy atom. The van der Waals surface area contributed by atoms with Crippen molar-refractivity contribution in [1.29, 1.82) is 0 Å². The van der Waals surface area contributed by atoms with Crippen LogP contribution in [0.3, 0.4) is 0 Å². The number of nitrogens with one attached hydrogen (secondary N) is 1. The first-order valence-corrected chi connectivity index (χ1v) is 6.68. The van der Waals surface area contributed by atoms with Crippen molar-refractivity contribution < 1.29 is 4.39 Å². The van der Waals surface area contributed by atoms with Gasteiger partial charge in [0.25, 0.3) is 0 Å². The monoisotopic (exact) mass is 254 g/mol. The number of aromatic nitrogens is 2. The zero-order valence-electron chi connectivity index (χ0n) is 11.5. The van der Waals surface area contributed by atoms with Crippen LogP contribution in [0.15, 0.2) is 6.33 Å². The van der Waals surface area contributed by atoms with E-state index >= 15 is 0 Å². The van der Waals surface area contributed by atoms with E-state index < -0.39 is 0 Å². The molecule has 0 aliphatic rings. The predicted molar refractivity (Wildman–Crippen MR) is 72.3 cm³/mol. The molecule has 0 radical (unpaired) electrons. The third-order valence-electron chi connectivity index (χ3n) is 2.90. The van der Waals surface area contributed by atoms with Crippen LogP contribution in [0.5, 0.6) is 0 Å². The number of anilines is 1. The minimum atomic E-state index is -0.321. The Labute approximate surface area is 109 Å². The molecular weight excluding hydrogens is 231 g/mol. The van der Waals surface area contributed by atoms with E-state index in [1.165, 1.54) is 6.33 Å². The first-order valence-electron chi connectivity index (χ1n) is 6.68. The van der Waals surface area contributed by atoms with Gasteiger partial charge < -0.3 is 10.2 Å². The topological polar surface area (TPSA) is 41.0 Å². The van der Waals surface area contributed by atoms with Gasteiger partial charge in [0, 0.05) is 13.1 Å². The zero-order chi connectivity index (χ0) is 13.4. The largest absolute Gasteiger partial charge is 0.366 e. The molecule has 1 aromatic heterocycles. The number of hydrogen-bond acceptors (Lipinski definition) is 4. The SMILES string of the molecule is CCCN(CC)CCNc1ncnc(CC)c1F. The van der Waals surface area contributed by atoms with Crippen LogP contribution in [0, 0.1) is 5.82 Å². The lowest BCUT2D eigenvalue weighted by Gasteiger charge is -2.19. The Morgan fingerprint density at radius 2 is 2.00 bits per heavy atom. The maximum Gasteiger partial charge on any atom is 0.186 e. The lowest BCUT2D eigenvalue weighted by molar-refractivity contribution is 0.299. The molecule has 0 spiro atoms. The van der Waals surface area contributed by atoms with Crippen molar-refractivity contribution in [2.24, 2.45) is 0 Å². The van der Waals surface area contributed by atoms with Gasteiger partial charge >= 0.3 is 0 Å². The number of halogens is 1. The molecule has 0 aliphatic carbocycles. The molecule has 18 heavy (non-hydrogen) atoms. The molecule has 0 saturated carbocycles. The Balaban J connectivity index is 2.48. The van der Waals surface area contributed by atoms with Gasteiger partial charge in [-0.1, -0.05) is 20.8 Å². The highest BCUT2D eigenvalue weighted by Crippen LogP contribution is 2.12. The Morgan fingerprint density at radius 1 is 1.22 bits per heavy atom. The van der Waals surface area contributed by atoms with Crippen molar-refractivity contribution >= 4 is 5.82 Å². The molecule has 0 bridgehead atoms. The van der Waals surface area contributed by atoms with E-state index in [0.29, 0.717) is 24.5 Å². The molecule has 0 atom stereocenters. The summed E-state index contributed by atoms with van der Waals surface area (Å²) in [4.78, 5) is 10.2. The van der Waals surface area contributed by atoms with Gasteiger partial charge in [-0.05, 0) is 25.9 Å². The summed E-state index contributed by atoms with van der Waals surface area (Å²) in [6.07, 6.45) is 3.13. The van der Waals surface area contributed by atoms with E-state index in [0.717, 1.165) is 26.1 Å². The fraction of sp³-hybridized carbons (Fsp3) is 0.692. The summed E-state index contributed by atoms with van der Waals surface area (Å²) >= 11 is 0. The summed E-state index contributed by atoms with van der Waals surface area (Å²) in [6, 6.07) is 0. The molecule has 4 nitrogen and oxygen atoms in total. The molecule has 102 valence electrons. The van der Waals surface area contributed by atoms with E-state index in [1.54, 1.807) is 0 Å². The summed E-state index contributed by atoms with van der Waals surface area (Å²) in [5.74, 6) is -0.00654. The Bertz CT molecular complexity index is 357. The fourth-order valence-corrected chi connectivity index (χ4v) is 1.85. The van der Waals surface area contributed by atoms with Crippen LogP contribution in [0.1, 0.15) is 32.9 Å². The number of rotatable bonds is 8. The molecule has 0 amide bonds. The van der Waals surface area contributed by atoms with Gasteiger partial charge in [-0.25, -0.2) is 14.4 Å². The van der Waals surface area contributed by atoms with Gasteiger partial charge in [-0.3, -0.25) is 0 Å². The average molecular weight is 254 g/mol. The second kappa shape index (κ2) is 7.97. The van der Waals surface area contributed by atoms with Crippen molar-refractivity contribution in [3.63, 3.8) is 0 Å². The normalized spacial score (nSPS) is 10.9. The summed E-state index contributed by atoms with van der Waals surface area (Å²) in [7, 11) is 0. The maximum atomic E-state index is 13.8. The minimum Gasteiger partial charge on any atom is -0.366 e. The molecule has 0 unspecified atom stereocenters. The van der Waals surface area contributed by atoms with Crippen molar-refractivity contribution in [2.75, 3.05) is 31.5 Å². The first-order chi connectivity index (χ1) is 8.72. The zero-order valence-corrected chi connectivity index (χ0v) is 11.5. The van der Waals surface area contributed by atoms with Gasteiger partial charge in [0.1, 0.15) is 6.33 Å². The number of hydrogen-bond donors (Lipinski definition) is 1. The van der Waals surface area contributed by atoms with Crippen molar-refractivity contribution in [3.05, 3.63) is 17.8 Å². The molecule has 0 aromatic carbocycles. The second-order valence-corrected chi connectivity index (χ2v) is 4.20. The van der Waals surface area contributed by atoms with Gasteiger partial charge in [-0.15, -0.1) is 0 Å². The first kappa shape index (κ1) is 14.8. The van der Waals surface area contributed by atoms with Gasteiger partial charge in [-0.2, -0.15) is 0 Å². The molecule has 1 rings (SSSR count). The van der Waals surface area contributed by atoms with Crippen molar-refractivity contribution in [3.8, 4) is 0 Å². The van der Waals surface area contributed by atoms with E-state index in [-0.39, 0.29) is 5.82 Å². The van der Waals surface area contributed by atoms with Crippen LogP contribution in [-0.4, -0.2) is 41.0 Å². The maximum absolute atomic E-state index is 13.8. The van der Waals surface area contributed by atoms with Crippen LogP contribution in [-0.2, 0) is 6.42 Å². The third-order valence-corrected chi connectivity index (χ3v) is 2.90. The molecule has 0 saturated heterocycles. The smallest absolute Gasteiger partial charge is 0.186 e. The predicted octanol–water partition coefficient (Wildman–Crippen LogP) is 2.32. The summed E-state index contributed by atoms with van der Waals surface area (Å²) in [6.45, 7) is 9.87. The molecule has 5 heteroatoms. The summed E-state index contributed by atoms with van der Waals surface area (Å²) in [5.41, 5.74) is 0.466. The van der Waals surface area contributed by atoms with E-state index in [4.69, 9.17) is 0 Å². The van der Waals surface area contributed by atoms with Crippen LogP contribution >= 0.6 is 0 Å². The molecular formula is C13H23FN4. The summed E-state index contributed by atoms with van der Waals surface area (Å²) in [5, 5.41) is 3.04. The molecule has 1 aromatic rings. The standard InChI is InChI=1S/C13H23FN4/c1-4-8-18(6-3)9-7-15-13-12(14)11(5-2)16-10-17-13/h10H,4-9H2,1-3H3,(H,15,16,17). The molecule has 0 aliphatic heterocycles. The van der Waals surface area contributed by atoms with E-state index in [9.17, 15) is 4.39 Å². The van der Waals surface area contributed by atoms with Crippen LogP contribution in [0.2, 0.25) is 0 Å². The van der Waals surface area contributed by atoms with Gasteiger partial charge in [0.2, 0.25) is 0 Å². The Kier molecular flexibility index (Phi) is 6.57. The van der Waals surface area contributed by atoms with Crippen molar-refractivity contribution in [2.45, 2.75) is 33.6 Å². The average Bonchev–Trinajstić information content (AvgIpc) is 2.39. The van der Waals surface area contributed by atoms with Gasteiger partial charge in [0.15, 0.2) is 11.6 Å². The summed E-state index contributed by atoms with van der Waals surface area (Å²) < 4.78 is 13.8. The van der Waals surface area contributed by atoms with Crippen LogP contribution < -0.4 is 5.32 Å². The molecule has 1 N–H and O–H groups in total. The highest BCUT2D eigenvalue weighted by atomic mass is 19.1.